The first-order valence-corrected chi connectivity index (χ1v) is 9.09. The summed E-state index contributed by atoms with van der Waals surface area (Å²) in [7, 11) is 0. The molecule has 132 valence electrons. The van der Waals surface area contributed by atoms with Gasteiger partial charge in [0.15, 0.2) is 0 Å². The third-order valence-electron chi connectivity index (χ3n) is 4.24. The van der Waals surface area contributed by atoms with E-state index in [1.807, 2.05) is 23.6 Å². The number of aliphatic hydroxyl groups excluding tert-OH is 1. The van der Waals surface area contributed by atoms with Gasteiger partial charge in [-0.1, -0.05) is 18.2 Å². The minimum absolute atomic E-state index is 0.0516. The Bertz CT molecular complexity index is 716. The minimum Gasteiger partial charge on any atom is -0.391 e. The van der Waals surface area contributed by atoms with Crippen LogP contribution in [0.1, 0.15) is 25.6 Å². The van der Waals surface area contributed by atoms with Crippen LogP contribution in [0.2, 0.25) is 0 Å². The number of aliphatic hydroxyl groups is 1. The Morgan fingerprint density at radius 3 is 2.56 bits per heavy atom. The molecule has 4 N–H and O–H groups in total. The Morgan fingerprint density at radius 1 is 1.12 bits per heavy atom. The van der Waals surface area contributed by atoms with E-state index in [2.05, 4.69) is 16.0 Å². The Balaban J connectivity index is 1.47. The monoisotopic (exact) mass is 359 g/mol. The van der Waals surface area contributed by atoms with Gasteiger partial charge in [0.2, 0.25) is 0 Å². The lowest BCUT2D eigenvalue weighted by Gasteiger charge is -2.14. The van der Waals surface area contributed by atoms with Crippen LogP contribution in [0.4, 0.5) is 0 Å². The molecule has 6 nitrogen and oxygen atoms in total. The normalized spacial score (nSPS) is 19.6. The summed E-state index contributed by atoms with van der Waals surface area (Å²) < 4.78 is 0. The third kappa shape index (κ3) is 4.66. The molecule has 0 aliphatic carbocycles. The first-order valence-electron chi connectivity index (χ1n) is 8.21. The number of carbonyl (C=O) groups excluding carboxylic acids is 2. The van der Waals surface area contributed by atoms with Gasteiger partial charge >= 0.3 is 0 Å². The summed E-state index contributed by atoms with van der Waals surface area (Å²) in [6.45, 7) is 2.15. The van der Waals surface area contributed by atoms with E-state index in [0.29, 0.717) is 36.6 Å². The number of carbonyl (C=O) groups is 2. The lowest BCUT2D eigenvalue weighted by Crippen LogP contribution is -2.34. The van der Waals surface area contributed by atoms with Gasteiger partial charge in [-0.2, -0.15) is 0 Å². The van der Waals surface area contributed by atoms with Gasteiger partial charge in [-0.05, 0) is 29.1 Å². The van der Waals surface area contributed by atoms with Crippen molar-refractivity contribution in [1.82, 2.24) is 16.0 Å². The van der Waals surface area contributed by atoms with Crippen molar-refractivity contribution in [3.8, 4) is 0 Å². The molecule has 0 bridgehead atoms. The molecule has 2 heterocycles. The molecule has 1 aromatic heterocycles. The minimum atomic E-state index is -0.408. The standard InChI is InChI=1S/C18H21N3O3S/c22-15-11-19-9-14(15)10-21-17(23)13-5-3-12(4-6-13)8-20-18(24)16-2-1-7-25-16/h1-7,14-15,19,22H,8-11H2,(H,20,24)(H,21,23). The molecule has 3 rings (SSSR count). The maximum atomic E-state index is 12.2. The van der Waals surface area contributed by atoms with Gasteiger partial charge in [0.1, 0.15) is 0 Å². The van der Waals surface area contributed by atoms with E-state index in [-0.39, 0.29) is 17.7 Å². The molecule has 2 aromatic rings. The van der Waals surface area contributed by atoms with Crippen molar-refractivity contribution in [2.75, 3.05) is 19.6 Å². The van der Waals surface area contributed by atoms with E-state index < -0.39 is 6.10 Å². The van der Waals surface area contributed by atoms with Gasteiger partial charge in [-0.25, -0.2) is 0 Å². The van der Waals surface area contributed by atoms with E-state index in [0.717, 1.165) is 5.56 Å². The van der Waals surface area contributed by atoms with E-state index in [1.54, 1.807) is 18.2 Å². The lowest BCUT2D eigenvalue weighted by molar-refractivity contribution is 0.0924. The van der Waals surface area contributed by atoms with Crippen LogP contribution < -0.4 is 16.0 Å². The molecule has 0 radical (unpaired) electrons. The fourth-order valence-electron chi connectivity index (χ4n) is 2.70. The topological polar surface area (TPSA) is 90.5 Å². The Hall–Kier alpha value is -2.22. The summed E-state index contributed by atoms with van der Waals surface area (Å²) in [6.07, 6.45) is -0.408. The molecule has 1 aliphatic heterocycles. The van der Waals surface area contributed by atoms with Gasteiger partial charge in [-0.3, -0.25) is 9.59 Å². The summed E-state index contributed by atoms with van der Waals surface area (Å²) in [5.74, 6) is -0.204. The zero-order valence-electron chi connectivity index (χ0n) is 13.7. The average Bonchev–Trinajstić information content (AvgIpc) is 3.30. The smallest absolute Gasteiger partial charge is 0.261 e. The molecule has 1 fully saturated rings. The molecule has 2 atom stereocenters. The summed E-state index contributed by atoms with van der Waals surface area (Å²) >= 11 is 1.40. The maximum Gasteiger partial charge on any atom is 0.261 e. The van der Waals surface area contributed by atoms with Gasteiger partial charge < -0.3 is 21.1 Å². The first kappa shape index (κ1) is 17.6. The van der Waals surface area contributed by atoms with Crippen LogP contribution in [-0.4, -0.2) is 42.7 Å². The number of thiophene rings is 1. The maximum absolute atomic E-state index is 12.2. The molecule has 1 aliphatic rings. The zero-order chi connectivity index (χ0) is 17.6. The first-order chi connectivity index (χ1) is 12.1. The molecule has 1 aromatic carbocycles. The third-order valence-corrected chi connectivity index (χ3v) is 5.11. The molecule has 7 heteroatoms. The van der Waals surface area contributed by atoms with Gasteiger partial charge in [0, 0.05) is 37.7 Å². The van der Waals surface area contributed by atoms with Crippen molar-refractivity contribution in [3.63, 3.8) is 0 Å². The largest absolute Gasteiger partial charge is 0.391 e. The van der Waals surface area contributed by atoms with Crippen LogP contribution in [0.3, 0.4) is 0 Å². The van der Waals surface area contributed by atoms with Crippen LogP contribution in [0.5, 0.6) is 0 Å². The Labute approximate surface area is 150 Å². The molecule has 2 unspecified atom stereocenters. The van der Waals surface area contributed by atoms with E-state index in [1.165, 1.54) is 11.3 Å². The van der Waals surface area contributed by atoms with Crippen molar-refractivity contribution in [2.45, 2.75) is 12.6 Å². The van der Waals surface area contributed by atoms with Crippen LogP contribution in [0, 0.1) is 5.92 Å². The Kier molecular flexibility index (Phi) is 5.80. The predicted octanol–water partition coefficient (Wildman–Crippen LogP) is 0.988. The Morgan fingerprint density at radius 2 is 1.92 bits per heavy atom. The van der Waals surface area contributed by atoms with E-state index in [9.17, 15) is 14.7 Å². The van der Waals surface area contributed by atoms with Crippen molar-refractivity contribution < 1.29 is 14.7 Å². The molecule has 0 spiro atoms. The van der Waals surface area contributed by atoms with Crippen molar-refractivity contribution >= 4 is 23.2 Å². The zero-order valence-corrected chi connectivity index (χ0v) is 14.5. The van der Waals surface area contributed by atoms with Crippen molar-refractivity contribution in [1.29, 1.82) is 0 Å². The fourth-order valence-corrected chi connectivity index (χ4v) is 3.34. The molecular weight excluding hydrogens is 338 g/mol. The van der Waals surface area contributed by atoms with Crippen molar-refractivity contribution in [2.24, 2.45) is 5.92 Å². The number of nitrogens with one attached hydrogen (secondary N) is 3. The van der Waals surface area contributed by atoms with E-state index in [4.69, 9.17) is 0 Å². The summed E-state index contributed by atoms with van der Waals surface area (Å²) in [5.41, 5.74) is 1.49. The van der Waals surface area contributed by atoms with Crippen LogP contribution >= 0.6 is 11.3 Å². The van der Waals surface area contributed by atoms with Crippen LogP contribution in [-0.2, 0) is 6.54 Å². The SMILES string of the molecule is O=C(NCC1CNCC1O)c1ccc(CNC(=O)c2cccs2)cc1. The lowest BCUT2D eigenvalue weighted by atomic mass is 10.1. The number of hydrogen-bond donors (Lipinski definition) is 4. The number of rotatable bonds is 6. The van der Waals surface area contributed by atoms with Gasteiger partial charge in [0.05, 0.1) is 11.0 Å². The highest BCUT2D eigenvalue weighted by atomic mass is 32.1. The molecule has 2 amide bonds. The summed E-state index contributed by atoms with van der Waals surface area (Å²) in [4.78, 5) is 24.7. The summed E-state index contributed by atoms with van der Waals surface area (Å²) in [6, 6.07) is 10.8. The summed E-state index contributed by atoms with van der Waals surface area (Å²) in [5, 5.41) is 20.4. The van der Waals surface area contributed by atoms with Crippen LogP contribution in [0.15, 0.2) is 41.8 Å². The second-order valence-electron chi connectivity index (χ2n) is 6.05. The molecule has 25 heavy (non-hydrogen) atoms. The van der Waals surface area contributed by atoms with Crippen LogP contribution in [0.25, 0.3) is 0 Å². The molecular formula is C18H21N3O3S. The van der Waals surface area contributed by atoms with Gasteiger partial charge in [0.25, 0.3) is 11.8 Å². The highest BCUT2D eigenvalue weighted by Gasteiger charge is 2.25. The highest BCUT2D eigenvalue weighted by Crippen LogP contribution is 2.10. The second kappa shape index (κ2) is 8.24. The number of benzene rings is 1. The fraction of sp³-hybridized carbons (Fsp3) is 0.333. The molecule has 0 saturated carbocycles. The van der Waals surface area contributed by atoms with Crippen molar-refractivity contribution in [3.05, 3.63) is 57.8 Å². The molecule has 1 saturated heterocycles. The highest BCUT2D eigenvalue weighted by molar-refractivity contribution is 7.12. The van der Waals surface area contributed by atoms with Gasteiger partial charge in [-0.15, -0.1) is 11.3 Å². The van der Waals surface area contributed by atoms with E-state index >= 15 is 0 Å². The number of β-amino-alcohol motifs (C(OH)–C–C–N with tert-alkyl or cyclic N) is 1. The quantitative estimate of drug-likeness (QED) is 0.619. The number of hydrogen-bond acceptors (Lipinski definition) is 5. The average molecular weight is 359 g/mol. The second-order valence-corrected chi connectivity index (χ2v) is 7.00. The number of amides is 2. The predicted molar refractivity (Wildman–Crippen MR) is 96.6 cm³/mol.